The molecule has 2 fully saturated rings. The average molecular weight is 367 g/mol. The molecule has 142 valence electrons. The molecule has 0 bridgehead atoms. The molecule has 4 rings (SSSR count). The van der Waals surface area contributed by atoms with E-state index in [2.05, 4.69) is 17.0 Å². The van der Waals surface area contributed by atoms with E-state index in [0.717, 1.165) is 12.1 Å². The third kappa shape index (κ3) is 4.14. The maximum Gasteiger partial charge on any atom is 0.253 e. The standard InChI is InChI=1S/C22H26FN3O/c23-20-5-1-2-6-21(20)25-13-15-26(16-14-25)22(27)19-9-7-18(8-10-19)17-24-11-3-4-12-24/h1-2,5-10H,3-4,11-17H2. The molecule has 0 saturated carbocycles. The van der Waals surface area contributed by atoms with E-state index in [4.69, 9.17) is 0 Å². The topological polar surface area (TPSA) is 26.8 Å². The molecule has 2 aliphatic rings. The molecule has 0 aromatic heterocycles. The van der Waals surface area contributed by atoms with Gasteiger partial charge in [0, 0.05) is 38.3 Å². The third-order valence-electron chi connectivity index (χ3n) is 5.57. The molecule has 5 heteroatoms. The third-order valence-corrected chi connectivity index (χ3v) is 5.57. The van der Waals surface area contributed by atoms with E-state index in [1.807, 2.05) is 28.0 Å². The molecular formula is C22H26FN3O. The summed E-state index contributed by atoms with van der Waals surface area (Å²) in [7, 11) is 0. The highest BCUT2D eigenvalue weighted by Crippen LogP contribution is 2.21. The van der Waals surface area contributed by atoms with Crippen LogP contribution in [0.15, 0.2) is 48.5 Å². The summed E-state index contributed by atoms with van der Waals surface area (Å²) >= 11 is 0. The first-order chi connectivity index (χ1) is 13.2. The summed E-state index contributed by atoms with van der Waals surface area (Å²) in [6.45, 7) is 5.85. The zero-order valence-corrected chi connectivity index (χ0v) is 15.6. The van der Waals surface area contributed by atoms with Crippen molar-refractivity contribution >= 4 is 11.6 Å². The summed E-state index contributed by atoms with van der Waals surface area (Å²) in [6, 6.07) is 14.9. The fourth-order valence-corrected chi connectivity index (χ4v) is 3.99. The van der Waals surface area contributed by atoms with E-state index in [0.29, 0.717) is 31.9 Å². The predicted octanol–water partition coefficient (Wildman–Crippen LogP) is 3.38. The summed E-state index contributed by atoms with van der Waals surface area (Å²) in [5.74, 6) is -0.137. The van der Waals surface area contributed by atoms with Crippen LogP contribution in [0.3, 0.4) is 0 Å². The highest BCUT2D eigenvalue weighted by atomic mass is 19.1. The van der Waals surface area contributed by atoms with Crippen molar-refractivity contribution in [2.24, 2.45) is 0 Å². The minimum atomic E-state index is -0.203. The number of piperazine rings is 1. The highest BCUT2D eigenvalue weighted by Gasteiger charge is 2.23. The van der Waals surface area contributed by atoms with Gasteiger partial charge in [0.1, 0.15) is 5.82 Å². The molecule has 2 aliphatic heterocycles. The minimum absolute atomic E-state index is 0.0657. The van der Waals surface area contributed by atoms with Crippen molar-refractivity contribution in [3.05, 3.63) is 65.5 Å². The van der Waals surface area contributed by atoms with Crippen LogP contribution in [0.25, 0.3) is 0 Å². The van der Waals surface area contributed by atoms with Gasteiger partial charge < -0.3 is 9.80 Å². The number of amides is 1. The fourth-order valence-electron chi connectivity index (χ4n) is 3.99. The predicted molar refractivity (Wildman–Crippen MR) is 105 cm³/mol. The molecule has 4 nitrogen and oxygen atoms in total. The normalized spacial score (nSPS) is 18.1. The number of halogens is 1. The van der Waals surface area contributed by atoms with Gasteiger partial charge in [-0.1, -0.05) is 24.3 Å². The second kappa shape index (κ2) is 8.09. The van der Waals surface area contributed by atoms with Crippen LogP contribution >= 0.6 is 0 Å². The van der Waals surface area contributed by atoms with Crippen LogP contribution in [-0.4, -0.2) is 55.0 Å². The van der Waals surface area contributed by atoms with E-state index < -0.39 is 0 Å². The van der Waals surface area contributed by atoms with Crippen molar-refractivity contribution in [2.45, 2.75) is 19.4 Å². The summed E-state index contributed by atoms with van der Waals surface area (Å²) in [6.07, 6.45) is 2.57. The van der Waals surface area contributed by atoms with Crippen molar-refractivity contribution in [3.8, 4) is 0 Å². The van der Waals surface area contributed by atoms with E-state index in [1.165, 1.54) is 37.6 Å². The molecular weight excluding hydrogens is 341 g/mol. The van der Waals surface area contributed by atoms with Crippen LogP contribution in [0.1, 0.15) is 28.8 Å². The number of hydrogen-bond acceptors (Lipinski definition) is 3. The molecule has 0 aliphatic carbocycles. The molecule has 2 aromatic carbocycles. The van der Waals surface area contributed by atoms with Gasteiger partial charge in [-0.25, -0.2) is 4.39 Å². The quantitative estimate of drug-likeness (QED) is 0.829. The maximum atomic E-state index is 14.0. The number of likely N-dealkylation sites (tertiary alicyclic amines) is 1. The highest BCUT2D eigenvalue weighted by molar-refractivity contribution is 5.94. The van der Waals surface area contributed by atoms with Gasteiger partial charge >= 0.3 is 0 Å². The summed E-state index contributed by atoms with van der Waals surface area (Å²) in [4.78, 5) is 19.1. The molecule has 2 aromatic rings. The second-order valence-corrected chi connectivity index (χ2v) is 7.41. The largest absolute Gasteiger partial charge is 0.366 e. The lowest BCUT2D eigenvalue weighted by molar-refractivity contribution is 0.0746. The maximum absolute atomic E-state index is 14.0. The number of hydrogen-bond donors (Lipinski definition) is 0. The summed E-state index contributed by atoms with van der Waals surface area (Å²) < 4.78 is 14.0. The first-order valence-corrected chi connectivity index (χ1v) is 9.81. The van der Waals surface area contributed by atoms with E-state index in [9.17, 15) is 9.18 Å². The van der Waals surface area contributed by atoms with Gasteiger partial charge in [-0.15, -0.1) is 0 Å². The molecule has 0 spiro atoms. The van der Waals surface area contributed by atoms with E-state index in [1.54, 1.807) is 12.1 Å². The van der Waals surface area contributed by atoms with Gasteiger partial charge in [0.15, 0.2) is 0 Å². The number of rotatable bonds is 4. The van der Waals surface area contributed by atoms with E-state index in [-0.39, 0.29) is 11.7 Å². The van der Waals surface area contributed by atoms with Gasteiger partial charge in [-0.3, -0.25) is 9.69 Å². The van der Waals surface area contributed by atoms with E-state index >= 15 is 0 Å². The van der Waals surface area contributed by atoms with Crippen molar-refractivity contribution < 1.29 is 9.18 Å². The Balaban J connectivity index is 1.34. The Morgan fingerprint density at radius 2 is 1.52 bits per heavy atom. The number of carbonyl (C=O) groups excluding carboxylic acids is 1. The monoisotopic (exact) mass is 367 g/mol. The van der Waals surface area contributed by atoms with Gasteiger partial charge in [-0.2, -0.15) is 0 Å². The van der Waals surface area contributed by atoms with Gasteiger partial charge in [0.25, 0.3) is 5.91 Å². The SMILES string of the molecule is O=C(c1ccc(CN2CCCC2)cc1)N1CCN(c2ccccc2F)CC1. The van der Waals surface area contributed by atoms with Crippen LogP contribution in [0, 0.1) is 5.82 Å². The first kappa shape index (κ1) is 18.0. The first-order valence-electron chi connectivity index (χ1n) is 9.81. The Bertz CT molecular complexity index is 778. The van der Waals surface area contributed by atoms with Crippen LogP contribution in [-0.2, 0) is 6.54 Å². The van der Waals surface area contributed by atoms with Crippen LogP contribution in [0.2, 0.25) is 0 Å². The molecule has 2 saturated heterocycles. The second-order valence-electron chi connectivity index (χ2n) is 7.41. The van der Waals surface area contributed by atoms with Crippen LogP contribution in [0.5, 0.6) is 0 Å². The number of para-hydroxylation sites is 1. The Labute approximate surface area is 160 Å². The van der Waals surface area contributed by atoms with Crippen molar-refractivity contribution in [1.82, 2.24) is 9.80 Å². The van der Waals surface area contributed by atoms with Crippen LogP contribution < -0.4 is 4.90 Å². The Morgan fingerprint density at radius 3 is 2.19 bits per heavy atom. The Hall–Kier alpha value is -2.40. The lowest BCUT2D eigenvalue weighted by Gasteiger charge is -2.36. The number of nitrogens with zero attached hydrogens (tertiary/aromatic N) is 3. The Kier molecular flexibility index (Phi) is 5.39. The number of benzene rings is 2. The Morgan fingerprint density at radius 1 is 0.852 bits per heavy atom. The van der Waals surface area contributed by atoms with Crippen molar-refractivity contribution in [1.29, 1.82) is 0 Å². The molecule has 0 N–H and O–H groups in total. The van der Waals surface area contributed by atoms with Gasteiger partial charge in [0.2, 0.25) is 0 Å². The van der Waals surface area contributed by atoms with Crippen molar-refractivity contribution in [2.75, 3.05) is 44.2 Å². The zero-order chi connectivity index (χ0) is 18.6. The van der Waals surface area contributed by atoms with Crippen LogP contribution in [0.4, 0.5) is 10.1 Å². The van der Waals surface area contributed by atoms with Gasteiger partial charge in [-0.05, 0) is 55.8 Å². The molecule has 0 atom stereocenters. The lowest BCUT2D eigenvalue weighted by Crippen LogP contribution is -2.49. The zero-order valence-electron chi connectivity index (χ0n) is 15.6. The summed E-state index contributed by atoms with van der Waals surface area (Å²) in [5, 5.41) is 0. The molecule has 2 heterocycles. The molecule has 0 radical (unpaired) electrons. The molecule has 0 unspecified atom stereocenters. The lowest BCUT2D eigenvalue weighted by atomic mass is 10.1. The minimum Gasteiger partial charge on any atom is -0.366 e. The van der Waals surface area contributed by atoms with Crippen molar-refractivity contribution in [3.63, 3.8) is 0 Å². The number of anilines is 1. The summed E-state index contributed by atoms with van der Waals surface area (Å²) in [5.41, 5.74) is 2.62. The smallest absolute Gasteiger partial charge is 0.253 e. The fraction of sp³-hybridized carbons (Fsp3) is 0.409. The van der Waals surface area contributed by atoms with Gasteiger partial charge in [0.05, 0.1) is 5.69 Å². The average Bonchev–Trinajstić information content (AvgIpc) is 3.22. The molecule has 27 heavy (non-hydrogen) atoms. The number of carbonyl (C=O) groups is 1. The molecule has 1 amide bonds.